The Labute approximate surface area is 225 Å². The van der Waals surface area contributed by atoms with Gasteiger partial charge >= 0.3 is 0 Å². The Bertz CT molecular complexity index is 1610. The molecule has 1 saturated heterocycles. The van der Waals surface area contributed by atoms with Gasteiger partial charge in [0.2, 0.25) is 5.88 Å². The Morgan fingerprint density at radius 1 is 1.08 bits per heavy atom. The van der Waals surface area contributed by atoms with Crippen LogP contribution in [0.5, 0.6) is 5.88 Å². The summed E-state index contributed by atoms with van der Waals surface area (Å²) in [4.78, 5) is 27.2. The third kappa shape index (κ3) is 4.52. The SMILES string of the molecule is O=C(N=Nc1c(O)n(CN2C[C@H]3C[C@@H](C2)c2cccc(=O)n2C3)c2ccc(Br)cc12)c1ccc(Cl)cc1. The topological polar surface area (TPSA) is 92.2 Å². The number of piperidine rings is 1. The predicted molar refractivity (Wildman–Crippen MR) is 145 cm³/mol. The second-order valence-corrected chi connectivity index (χ2v) is 11.0. The molecule has 2 aromatic carbocycles. The van der Waals surface area contributed by atoms with Crippen LogP contribution in [0.4, 0.5) is 5.69 Å². The molecule has 1 N–H and O–H groups in total. The van der Waals surface area contributed by atoms with Crippen molar-refractivity contribution in [1.29, 1.82) is 0 Å². The van der Waals surface area contributed by atoms with Crippen LogP contribution in [0.1, 0.15) is 28.4 Å². The lowest BCUT2D eigenvalue weighted by Gasteiger charge is -2.42. The summed E-state index contributed by atoms with van der Waals surface area (Å²) in [6, 6.07) is 17.6. The largest absolute Gasteiger partial charge is 0.493 e. The van der Waals surface area contributed by atoms with Crippen LogP contribution in [-0.2, 0) is 13.2 Å². The molecular formula is C27H23BrClN5O3. The highest BCUT2D eigenvalue weighted by molar-refractivity contribution is 9.10. The number of azo groups is 1. The average molecular weight is 581 g/mol. The first-order chi connectivity index (χ1) is 17.9. The zero-order valence-electron chi connectivity index (χ0n) is 19.7. The smallest absolute Gasteiger partial charge is 0.295 e. The first-order valence-corrected chi connectivity index (χ1v) is 13.2. The van der Waals surface area contributed by atoms with Crippen molar-refractivity contribution in [3.63, 3.8) is 0 Å². The molecule has 1 amide bonds. The highest BCUT2D eigenvalue weighted by atomic mass is 79.9. The lowest BCUT2D eigenvalue weighted by Crippen LogP contribution is -2.47. The van der Waals surface area contributed by atoms with Crippen LogP contribution in [0.3, 0.4) is 0 Å². The van der Waals surface area contributed by atoms with Crippen molar-refractivity contribution >= 4 is 50.0 Å². The lowest BCUT2D eigenvalue weighted by atomic mass is 9.83. The number of aromatic hydroxyl groups is 1. The minimum Gasteiger partial charge on any atom is -0.493 e. The Hall–Kier alpha value is -3.27. The number of pyridine rings is 1. The van der Waals surface area contributed by atoms with Crippen LogP contribution in [0.15, 0.2) is 80.2 Å². The summed E-state index contributed by atoms with van der Waals surface area (Å²) in [5.74, 6) is 0.0501. The fraction of sp³-hybridized carbons (Fsp3) is 0.259. The van der Waals surface area contributed by atoms with Crippen molar-refractivity contribution < 1.29 is 9.90 Å². The number of carbonyl (C=O) groups excluding carboxylic acids is 1. The van der Waals surface area contributed by atoms with Crippen molar-refractivity contribution in [3.05, 3.63) is 91.8 Å². The molecule has 0 unspecified atom stereocenters. The standard InChI is InChI=1S/C27H23BrClN5O3/c28-19-6-9-23-21(11-19)25(30-31-26(36)17-4-7-20(29)8-5-17)27(37)34(23)15-32-12-16-10-18(14-32)22-2-1-3-24(35)33(22)13-16/h1-9,11,16,18,37H,10,12-15H2/t16-,18+/m1/s1. The van der Waals surface area contributed by atoms with E-state index in [-0.39, 0.29) is 23.0 Å². The molecule has 2 aromatic heterocycles. The molecule has 1 fully saturated rings. The molecule has 10 heteroatoms. The zero-order chi connectivity index (χ0) is 25.7. The van der Waals surface area contributed by atoms with Gasteiger partial charge in [0.1, 0.15) is 0 Å². The number of rotatable bonds is 4. The summed E-state index contributed by atoms with van der Waals surface area (Å²) in [7, 11) is 0. The highest BCUT2D eigenvalue weighted by Crippen LogP contribution is 2.41. The number of halogens is 2. The molecule has 37 heavy (non-hydrogen) atoms. The van der Waals surface area contributed by atoms with Gasteiger partial charge in [0.25, 0.3) is 11.5 Å². The molecule has 0 spiro atoms. The molecule has 2 aliphatic heterocycles. The molecule has 2 aliphatic rings. The number of hydrogen-bond donors (Lipinski definition) is 1. The van der Waals surface area contributed by atoms with E-state index in [4.69, 9.17) is 11.6 Å². The molecule has 0 radical (unpaired) electrons. The normalized spacial score (nSPS) is 19.4. The molecule has 4 aromatic rings. The van der Waals surface area contributed by atoms with E-state index in [9.17, 15) is 14.7 Å². The van der Waals surface area contributed by atoms with Crippen molar-refractivity contribution in [2.45, 2.75) is 25.6 Å². The maximum absolute atomic E-state index is 12.6. The molecular weight excluding hydrogens is 558 g/mol. The average Bonchev–Trinajstić information content (AvgIpc) is 3.13. The molecule has 2 atom stereocenters. The van der Waals surface area contributed by atoms with E-state index in [2.05, 4.69) is 31.1 Å². The molecule has 2 bridgehead atoms. The number of likely N-dealkylation sites (tertiary alicyclic amines) is 1. The van der Waals surface area contributed by atoms with Gasteiger partial charge in [0.05, 0.1) is 12.2 Å². The van der Waals surface area contributed by atoms with Crippen LogP contribution >= 0.6 is 27.5 Å². The summed E-state index contributed by atoms with van der Waals surface area (Å²) in [6.07, 6.45) is 1.05. The van der Waals surface area contributed by atoms with Crippen molar-refractivity contribution in [2.24, 2.45) is 16.1 Å². The van der Waals surface area contributed by atoms with Gasteiger partial charge < -0.3 is 9.67 Å². The van der Waals surface area contributed by atoms with Crippen LogP contribution in [0.25, 0.3) is 10.9 Å². The van der Waals surface area contributed by atoms with Gasteiger partial charge in [-0.15, -0.1) is 10.2 Å². The second kappa shape index (κ2) is 9.55. The van der Waals surface area contributed by atoms with Gasteiger partial charge in [-0.2, -0.15) is 0 Å². The second-order valence-electron chi connectivity index (χ2n) is 9.65. The summed E-state index contributed by atoms with van der Waals surface area (Å²) >= 11 is 9.41. The van der Waals surface area contributed by atoms with E-state index in [1.54, 1.807) is 30.3 Å². The van der Waals surface area contributed by atoms with Crippen LogP contribution in [0, 0.1) is 5.92 Å². The van der Waals surface area contributed by atoms with E-state index in [1.165, 1.54) is 0 Å². The van der Waals surface area contributed by atoms with Gasteiger partial charge in [-0.3, -0.25) is 19.1 Å². The van der Waals surface area contributed by atoms with Gasteiger partial charge in [-0.05, 0) is 60.9 Å². The zero-order valence-corrected chi connectivity index (χ0v) is 22.1. The fourth-order valence-electron chi connectivity index (χ4n) is 5.59. The molecule has 0 saturated carbocycles. The molecule has 0 aliphatic carbocycles. The number of nitrogens with zero attached hydrogens (tertiary/aromatic N) is 5. The monoisotopic (exact) mass is 579 g/mol. The van der Waals surface area contributed by atoms with Crippen LogP contribution < -0.4 is 5.56 Å². The highest BCUT2D eigenvalue weighted by Gasteiger charge is 2.35. The molecule has 8 nitrogen and oxygen atoms in total. The maximum atomic E-state index is 12.6. The van der Waals surface area contributed by atoms with Crippen LogP contribution in [0.2, 0.25) is 5.02 Å². The van der Waals surface area contributed by atoms with Gasteiger partial charge in [0.15, 0.2) is 5.69 Å². The van der Waals surface area contributed by atoms with E-state index in [0.717, 1.165) is 35.2 Å². The van der Waals surface area contributed by atoms with Crippen LogP contribution in [-0.4, -0.2) is 38.1 Å². The summed E-state index contributed by atoms with van der Waals surface area (Å²) in [5, 5.41) is 20.5. The predicted octanol–water partition coefficient (Wildman–Crippen LogP) is 5.93. The summed E-state index contributed by atoms with van der Waals surface area (Å²) in [6.45, 7) is 2.76. The Balaban J connectivity index is 1.31. The number of carbonyl (C=O) groups is 1. The summed E-state index contributed by atoms with van der Waals surface area (Å²) < 4.78 is 4.54. The number of aromatic nitrogens is 2. The number of benzene rings is 2. The van der Waals surface area contributed by atoms with E-state index in [0.29, 0.717) is 35.1 Å². The quantitative estimate of drug-likeness (QED) is 0.303. The molecule has 6 rings (SSSR count). The minimum absolute atomic E-state index is 0.0480. The molecule has 4 heterocycles. The Morgan fingerprint density at radius 2 is 1.89 bits per heavy atom. The first-order valence-electron chi connectivity index (χ1n) is 12.0. The van der Waals surface area contributed by atoms with E-state index in [1.807, 2.05) is 39.5 Å². The minimum atomic E-state index is -0.523. The third-order valence-electron chi connectivity index (χ3n) is 7.20. The third-order valence-corrected chi connectivity index (χ3v) is 7.95. The summed E-state index contributed by atoms with van der Waals surface area (Å²) in [5.41, 5.74) is 2.53. The number of amides is 1. The van der Waals surface area contributed by atoms with Crippen molar-refractivity contribution in [2.75, 3.05) is 13.1 Å². The van der Waals surface area contributed by atoms with Gasteiger partial charge in [-0.25, -0.2) is 0 Å². The van der Waals surface area contributed by atoms with Crippen molar-refractivity contribution in [3.8, 4) is 5.88 Å². The maximum Gasteiger partial charge on any atom is 0.295 e. The number of fused-ring (bicyclic) bond motifs is 5. The van der Waals surface area contributed by atoms with E-state index < -0.39 is 5.91 Å². The number of hydrogen-bond acceptors (Lipinski definition) is 5. The Kier molecular flexibility index (Phi) is 6.22. The first kappa shape index (κ1) is 24.1. The van der Waals surface area contributed by atoms with Crippen molar-refractivity contribution in [1.82, 2.24) is 14.0 Å². The Morgan fingerprint density at radius 3 is 2.70 bits per heavy atom. The van der Waals surface area contributed by atoms with Gasteiger partial charge in [0, 0.05) is 57.8 Å². The van der Waals surface area contributed by atoms with E-state index >= 15 is 0 Å². The van der Waals surface area contributed by atoms with Gasteiger partial charge in [-0.1, -0.05) is 33.6 Å². The lowest BCUT2D eigenvalue weighted by molar-refractivity contribution is 0.0922. The fourth-order valence-corrected chi connectivity index (χ4v) is 6.08. The molecule has 188 valence electrons.